The number of aliphatic carboxylic acids is 1. The fraction of sp³-hybridized carbons (Fsp3) is 0.263. The molecule has 2 aromatic carbocycles. The summed E-state index contributed by atoms with van der Waals surface area (Å²) in [5.41, 5.74) is 0.502. The fourth-order valence-corrected chi connectivity index (χ4v) is 2.35. The predicted octanol–water partition coefficient (Wildman–Crippen LogP) is 2.28. The number of amides is 2. The number of para-hydroxylation sites is 2. The van der Waals surface area contributed by atoms with Crippen LogP contribution in [0.25, 0.3) is 0 Å². The van der Waals surface area contributed by atoms with Gasteiger partial charge in [0, 0.05) is 13.6 Å². The molecule has 0 saturated carbocycles. The van der Waals surface area contributed by atoms with Crippen molar-refractivity contribution < 1.29 is 19.8 Å². The van der Waals surface area contributed by atoms with Crippen molar-refractivity contribution in [2.45, 2.75) is 19.1 Å². The minimum absolute atomic E-state index is 0.407. The molecule has 2 aromatic rings. The van der Waals surface area contributed by atoms with Crippen LogP contribution in [0.5, 0.6) is 0 Å². The van der Waals surface area contributed by atoms with Crippen molar-refractivity contribution in [2.75, 3.05) is 23.8 Å². The van der Waals surface area contributed by atoms with Crippen LogP contribution >= 0.6 is 0 Å². The van der Waals surface area contributed by atoms with E-state index in [4.69, 9.17) is 5.11 Å². The maximum Gasteiger partial charge on any atom is 0.337 e. The summed E-state index contributed by atoms with van der Waals surface area (Å²) in [5.74, 6) is -1.40. The molecule has 4 N–H and O–H groups in total. The minimum atomic E-state index is -2.03. The Morgan fingerprint density at radius 3 is 2.35 bits per heavy atom. The molecule has 0 spiro atoms. The van der Waals surface area contributed by atoms with Crippen LogP contribution in [0.2, 0.25) is 0 Å². The number of carboxylic acid groups (broad SMARTS) is 1. The van der Waals surface area contributed by atoms with E-state index in [1.54, 1.807) is 12.1 Å². The SMILES string of the molecule is CN(Cc1ccccc1)c1ccccc1NC(=O)NCC(C)(O)C(=O)O. The zero-order valence-corrected chi connectivity index (χ0v) is 14.8. The zero-order chi connectivity index (χ0) is 19.2. The molecule has 7 nitrogen and oxygen atoms in total. The summed E-state index contributed by atoms with van der Waals surface area (Å²) in [4.78, 5) is 24.9. The van der Waals surface area contributed by atoms with Gasteiger partial charge in [0.05, 0.1) is 17.9 Å². The highest BCUT2D eigenvalue weighted by Crippen LogP contribution is 2.25. The van der Waals surface area contributed by atoms with Crippen LogP contribution in [0.4, 0.5) is 16.2 Å². The summed E-state index contributed by atoms with van der Waals surface area (Å²) in [6, 6.07) is 16.6. The number of carbonyl (C=O) groups is 2. The lowest BCUT2D eigenvalue weighted by molar-refractivity contribution is -0.155. The van der Waals surface area contributed by atoms with Crippen molar-refractivity contribution in [1.29, 1.82) is 0 Å². The first-order valence-electron chi connectivity index (χ1n) is 8.14. The van der Waals surface area contributed by atoms with Crippen molar-refractivity contribution in [3.05, 3.63) is 60.2 Å². The summed E-state index contributed by atoms with van der Waals surface area (Å²) in [5, 5.41) is 23.6. The summed E-state index contributed by atoms with van der Waals surface area (Å²) in [6.07, 6.45) is 0. The van der Waals surface area contributed by atoms with Gasteiger partial charge >= 0.3 is 12.0 Å². The van der Waals surface area contributed by atoms with Crippen LogP contribution in [0.3, 0.4) is 0 Å². The summed E-state index contributed by atoms with van der Waals surface area (Å²) < 4.78 is 0. The van der Waals surface area contributed by atoms with Gasteiger partial charge in [-0.15, -0.1) is 0 Å². The van der Waals surface area contributed by atoms with E-state index in [2.05, 4.69) is 10.6 Å². The molecule has 0 saturated heterocycles. The van der Waals surface area contributed by atoms with E-state index in [-0.39, 0.29) is 0 Å². The third-order valence-electron chi connectivity index (χ3n) is 3.88. The number of carbonyl (C=O) groups excluding carboxylic acids is 1. The first-order chi connectivity index (χ1) is 12.3. The number of benzene rings is 2. The molecule has 0 aliphatic rings. The Labute approximate surface area is 152 Å². The van der Waals surface area contributed by atoms with Crippen LogP contribution in [0.1, 0.15) is 12.5 Å². The maximum absolute atomic E-state index is 12.1. The van der Waals surface area contributed by atoms with Crippen molar-refractivity contribution in [1.82, 2.24) is 5.32 Å². The van der Waals surface area contributed by atoms with Crippen molar-refractivity contribution in [3.8, 4) is 0 Å². The molecule has 7 heteroatoms. The van der Waals surface area contributed by atoms with Crippen LogP contribution in [-0.2, 0) is 11.3 Å². The number of aliphatic hydroxyl groups is 1. The summed E-state index contributed by atoms with van der Waals surface area (Å²) >= 11 is 0. The number of nitrogens with one attached hydrogen (secondary N) is 2. The van der Waals surface area contributed by atoms with Crippen LogP contribution < -0.4 is 15.5 Å². The summed E-state index contributed by atoms with van der Waals surface area (Å²) in [7, 11) is 1.92. The molecule has 0 heterocycles. The fourth-order valence-electron chi connectivity index (χ4n) is 2.35. The van der Waals surface area contributed by atoms with Gasteiger partial charge in [0.15, 0.2) is 5.60 Å². The van der Waals surface area contributed by atoms with Crippen LogP contribution in [0, 0.1) is 0 Å². The Morgan fingerprint density at radius 2 is 1.69 bits per heavy atom. The number of carboxylic acids is 1. The average molecular weight is 357 g/mol. The van der Waals surface area contributed by atoms with E-state index < -0.39 is 24.1 Å². The molecule has 0 bridgehead atoms. The second kappa shape index (κ2) is 8.35. The Balaban J connectivity index is 2.04. The van der Waals surface area contributed by atoms with E-state index in [1.165, 1.54) is 0 Å². The number of hydrogen-bond acceptors (Lipinski definition) is 4. The number of anilines is 2. The number of nitrogens with zero attached hydrogens (tertiary/aromatic N) is 1. The Bertz CT molecular complexity index is 762. The monoisotopic (exact) mass is 357 g/mol. The van der Waals surface area contributed by atoms with E-state index >= 15 is 0 Å². The van der Waals surface area contributed by atoms with Crippen LogP contribution in [0.15, 0.2) is 54.6 Å². The molecule has 0 aliphatic heterocycles. The molecular formula is C19H23N3O4. The van der Waals surface area contributed by atoms with Crippen molar-refractivity contribution in [2.24, 2.45) is 0 Å². The van der Waals surface area contributed by atoms with Gasteiger partial charge in [-0.05, 0) is 24.6 Å². The zero-order valence-electron chi connectivity index (χ0n) is 14.8. The molecule has 0 aromatic heterocycles. The largest absolute Gasteiger partial charge is 0.479 e. The molecule has 2 rings (SSSR count). The van der Waals surface area contributed by atoms with E-state index in [9.17, 15) is 14.7 Å². The molecule has 1 unspecified atom stereocenters. The number of rotatable bonds is 7. The molecule has 0 fully saturated rings. The molecule has 138 valence electrons. The molecule has 26 heavy (non-hydrogen) atoms. The summed E-state index contributed by atoms with van der Waals surface area (Å²) in [6.45, 7) is 1.38. The number of urea groups is 1. The lowest BCUT2D eigenvalue weighted by atomic mass is 10.1. The average Bonchev–Trinajstić information content (AvgIpc) is 2.61. The molecular weight excluding hydrogens is 334 g/mol. The minimum Gasteiger partial charge on any atom is -0.479 e. The molecule has 0 radical (unpaired) electrons. The molecule has 1 atom stereocenters. The van der Waals surface area contributed by atoms with Gasteiger partial charge in [0.2, 0.25) is 0 Å². The maximum atomic E-state index is 12.1. The Morgan fingerprint density at radius 1 is 1.08 bits per heavy atom. The molecule has 0 aliphatic carbocycles. The standard InChI is InChI=1S/C19H23N3O4/c1-19(26,17(23)24)13-20-18(25)21-15-10-6-7-11-16(15)22(2)12-14-8-4-3-5-9-14/h3-11,26H,12-13H2,1-2H3,(H,23,24)(H2,20,21,25). The van der Waals surface area contributed by atoms with Gasteiger partial charge in [-0.2, -0.15) is 0 Å². The van der Waals surface area contributed by atoms with E-state index in [0.717, 1.165) is 18.2 Å². The topological polar surface area (TPSA) is 102 Å². The quantitative estimate of drug-likeness (QED) is 0.609. The first-order valence-corrected chi connectivity index (χ1v) is 8.14. The highest BCUT2D eigenvalue weighted by Gasteiger charge is 2.30. The Kier molecular flexibility index (Phi) is 6.19. The van der Waals surface area contributed by atoms with Gasteiger partial charge in [-0.3, -0.25) is 0 Å². The second-order valence-electron chi connectivity index (χ2n) is 6.25. The normalized spacial score (nSPS) is 12.7. The van der Waals surface area contributed by atoms with Crippen molar-refractivity contribution in [3.63, 3.8) is 0 Å². The van der Waals surface area contributed by atoms with Gasteiger partial charge in [-0.25, -0.2) is 9.59 Å². The second-order valence-corrected chi connectivity index (χ2v) is 6.25. The predicted molar refractivity (Wildman–Crippen MR) is 100 cm³/mol. The highest BCUT2D eigenvalue weighted by molar-refractivity contribution is 5.93. The van der Waals surface area contributed by atoms with Crippen LogP contribution in [-0.4, -0.2) is 41.4 Å². The first kappa shape index (κ1) is 19.3. The smallest absolute Gasteiger partial charge is 0.337 e. The van der Waals surface area contributed by atoms with Gasteiger partial charge < -0.3 is 25.7 Å². The van der Waals surface area contributed by atoms with E-state index in [0.29, 0.717) is 12.2 Å². The van der Waals surface area contributed by atoms with Gasteiger partial charge in [0.25, 0.3) is 0 Å². The highest BCUT2D eigenvalue weighted by atomic mass is 16.4. The van der Waals surface area contributed by atoms with Gasteiger partial charge in [-0.1, -0.05) is 42.5 Å². The third-order valence-corrected chi connectivity index (χ3v) is 3.88. The third kappa shape index (κ3) is 5.22. The van der Waals surface area contributed by atoms with Crippen molar-refractivity contribution >= 4 is 23.4 Å². The lowest BCUT2D eigenvalue weighted by Gasteiger charge is -2.23. The lowest BCUT2D eigenvalue weighted by Crippen LogP contribution is -2.47. The number of hydrogen-bond donors (Lipinski definition) is 4. The molecule has 2 amide bonds. The van der Waals surface area contributed by atoms with Gasteiger partial charge in [0.1, 0.15) is 0 Å². The Hall–Kier alpha value is -3.06. The van der Waals surface area contributed by atoms with E-state index in [1.807, 2.05) is 54.4 Å².